The van der Waals surface area contributed by atoms with E-state index in [9.17, 15) is 0 Å². The fourth-order valence-electron chi connectivity index (χ4n) is 1.29. The summed E-state index contributed by atoms with van der Waals surface area (Å²) in [6, 6.07) is 0.675. The van der Waals surface area contributed by atoms with Gasteiger partial charge in [-0.1, -0.05) is 6.92 Å². The van der Waals surface area contributed by atoms with Gasteiger partial charge in [0.2, 0.25) is 0 Å². The van der Waals surface area contributed by atoms with Crippen LogP contribution in [-0.4, -0.2) is 63.2 Å². The summed E-state index contributed by atoms with van der Waals surface area (Å²) in [5.74, 6) is 0. The molecule has 0 aromatic rings. The highest BCUT2D eigenvalue weighted by molar-refractivity contribution is 4.65. The van der Waals surface area contributed by atoms with Gasteiger partial charge in [0, 0.05) is 19.1 Å². The smallest absolute Gasteiger partial charge is 0.0109 e. The maximum absolute atomic E-state index is 3.36. The molecule has 0 aliphatic heterocycles. The largest absolute Gasteiger partial charge is 0.317 e. The lowest BCUT2D eigenvalue weighted by atomic mass is 10.2. The van der Waals surface area contributed by atoms with Crippen LogP contribution in [0.1, 0.15) is 20.3 Å². The molecule has 0 fully saturated rings. The Balaban J connectivity index is 3.49. The van der Waals surface area contributed by atoms with Crippen LogP contribution in [-0.2, 0) is 0 Å². The first-order valence-electron chi connectivity index (χ1n) is 5.63. The van der Waals surface area contributed by atoms with Crippen molar-refractivity contribution < 1.29 is 0 Å². The molecule has 1 N–H and O–H groups in total. The van der Waals surface area contributed by atoms with Gasteiger partial charge in [0.25, 0.3) is 0 Å². The Morgan fingerprint density at radius 2 is 1.79 bits per heavy atom. The van der Waals surface area contributed by atoms with Gasteiger partial charge in [-0.25, -0.2) is 0 Å². The average Bonchev–Trinajstić information content (AvgIpc) is 2.14. The summed E-state index contributed by atoms with van der Waals surface area (Å²) in [7, 11) is 6.45. The Hall–Kier alpha value is -0.120. The van der Waals surface area contributed by atoms with Gasteiger partial charge in [0.15, 0.2) is 0 Å². The van der Waals surface area contributed by atoms with Gasteiger partial charge in [-0.15, -0.1) is 0 Å². The Morgan fingerprint density at radius 1 is 1.14 bits per heavy atom. The highest BCUT2D eigenvalue weighted by atomic mass is 15.2. The van der Waals surface area contributed by atoms with Gasteiger partial charge in [0.05, 0.1) is 0 Å². The molecule has 14 heavy (non-hydrogen) atoms. The van der Waals surface area contributed by atoms with Crippen LogP contribution in [0.3, 0.4) is 0 Å². The number of nitrogens with zero attached hydrogens (tertiary/aromatic N) is 2. The standard InChI is InChI=1S/C11H27N3/c1-6-12-8-7-11(2)14(5)10-9-13(3)4/h11-12H,6-10H2,1-5H3. The van der Waals surface area contributed by atoms with Crippen LogP contribution in [0, 0.1) is 0 Å². The van der Waals surface area contributed by atoms with Crippen molar-refractivity contribution in [3.8, 4) is 0 Å². The van der Waals surface area contributed by atoms with E-state index in [-0.39, 0.29) is 0 Å². The second kappa shape index (κ2) is 8.21. The lowest BCUT2D eigenvalue weighted by molar-refractivity contribution is 0.219. The molecular weight excluding hydrogens is 174 g/mol. The second-order valence-electron chi connectivity index (χ2n) is 4.28. The van der Waals surface area contributed by atoms with Crippen molar-refractivity contribution in [3.05, 3.63) is 0 Å². The molecule has 0 rings (SSSR count). The van der Waals surface area contributed by atoms with Crippen molar-refractivity contribution in [2.24, 2.45) is 0 Å². The topological polar surface area (TPSA) is 18.5 Å². The number of nitrogens with one attached hydrogen (secondary N) is 1. The average molecular weight is 201 g/mol. The zero-order valence-corrected chi connectivity index (χ0v) is 10.5. The molecule has 0 aliphatic rings. The van der Waals surface area contributed by atoms with Crippen molar-refractivity contribution in [1.29, 1.82) is 0 Å². The first kappa shape index (κ1) is 13.9. The summed E-state index contributed by atoms with van der Waals surface area (Å²) >= 11 is 0. The van der Waals surface area contributed by atoms with E-state index >= 15 is 0 Å². The quantitative estimate of drug-likeness (QED) is 0.588. The predicted molar refractivity (Wildman–Crippen MR) is 63.8 cm³/mol. The molecule has 0 radical (unpaired) electrons. The first-order valence-corrected chi connectivity index (χ1v) is 5.63. The molecule has 0 aromatic heterocycles. The third-order valence-corrected chi connectivity index (χ3v) is 2.64. The molecule has 0 saturated carbocycles. The number of rotatable bonds is 8. The minimum absolute atomic E-state index is 0.675. The maximum atomic E-state index is 3.36. The van der Waals surface area contributed by atoms with Crippen LogP contribution < -0.4 is 5.32 Å². The van der Waals surface area contributed by atoms with Crippen molar-refractivity contribution in [3.63, 3.8) is 0 Å². The van der Waals surface area contributed by atoms with Crippen molar-refractivity contribution in [2.75, 3.05) is 47.3 Å². The molecular formula is C11H27N3. The molecule has 1 atom stereocenters. The zero-order valence-electron chi connectivity index (χ0n) is 10.5. The van der Waals surface area contributed by atoms with Gasteiger partial charge >= 0.3 is 0 Å². The van der Waals surface area contributed by atoms with E-state index in [4.69, 9.17) is 0 Å². The summed E-state index contributed by atoms with van der Waals surface area (Å²) in [5.41, 5.74) is 0. The fourth-order valence-corrected chi connectivity index (χ4v) is 1.29. The zero-order chi connectivity index (χ0) is 11.0. The molecule has 3 nitrogen and oxygen atoms in total. The minimum Gasteiger partial charge on any atom is -0.317 e. The molecule has 0 heterocycles. The maximum Gasteiger partial charge on any atom is 0.0109 e. The van der Waals surface area contributed by atoms with E-state index in [1.165, 1.54) is 6.42 Å². The molecule has 0 aromatic carbocycles. The van der Waals surface area contributed by atoms with Crippen molar-refractivity contribution in [1.82, 2.24) is 15.1 Å². The third kappa shape index (κ3) is 7.30. The van der Waals surface area contributed by atoms with Crippen LogP contribution in [0.25, 0.3) is 0 Å². The summed E-state index contributed by atoms with van der Waals surface area (Å²) in [4.78, 5) is 4.66. The predicted octanol–water partition coefficient (Wildman–Crippen LogP) is 0.868. The molecule has 3 heteroatoms. The van der Waals surface area contributed by atoms with E-state index in [0.717, 1.165) is 26.2 Å². The Bertz CT molecular complexity index is 126. The van der Waals surface area contributed by atoms with Crippen molar-refractivity contribution in [2.45, 2.75) is 26.3 Å². The molecule has 0 aliphatic carbocycles. The van der Waals surface area contributed by atoms with Crippen LogP contribution in [0.4, 0.5) is 0 Å². The van der Waals surface area contributed by atoms with Gasteiger partial charge in [-0.2, -0.15) is 0 Å². The lowest BCUT2D eigenvalue weighted by Crippen LogP contribution is -2.36. The molecule has 0 saturated heterocycles. The summed E-state index contributed by atoms with van der Waals surface area (Å²) in [6.07, 6.45) is 1.23. The Morgan fingerprint density at radius 3 is 2.29 bits per heavy atom. The molecule has 0 spiro atoms. The first-order chi connectivity index (χ1) is 6.57. The van der Waals surface area contributed by atoms with Gasteiger partial charge in [-0.05, 0) is 47.6 Å². The summed E-state index contributed by atoms with van der Waals surface area (Å²) in [6.45, 7) is 8.95. The minimum atomic E-state index is 0.675. The monoisotopic (exact) mass is 201 g/mol. The lowest BCUT2D eigenvalue weighted by Gasteiger charge is -2.26. The van der Waals surface area contributed by atoms with Crippen LogP contribution in [0.15, 0.2) is 0 Å². The highest BCUT2D eigenvalue weighted by Gasteiger charge is 2.07. The van der Waals surface area contributed by atoms with E-state index in [0.29, 0.717) is 6.04 Å². The Kier molecular flexibility index (Phi) is 8.14. The van der Waals surface area contributed by atoms with Crippen LogP contribution in [0.2, 0.25) is 0 Å². The SMILES string of the molecule is CCNCCC(C)N(C)CCN(C)C. The van der Waals surface area contributed by atoms with Crippen LogP contribution in [0.5, 0.6) is 0 Å². The third-order valence-electron chi connectivity index (χ3n) is 2.64. The fraction of sp³-hybridized carbons (Fsp3) is 1.00. The number of hydrogen-bond acceptors (Lipinski definition) is 3. The normalized spacial score (nSPS) is 13.9. The van der Waals surface area contributed by atoms with E-state index in [2.05, 4.69) is 50.1 Å². The number of hydrogen-bond donors (Lipinski definition) is 1. The van der Waals surface area contributed by atoms with Gasteiger partial charge in [-0.3, -0.25) is 0 Å². The van der Waals surface area contributed by atoms with Gasteiger partial charge in [0.1, 0.15) is 0 Å². The van der Waals surface area contributed by atoms with E-state index in [1.54, 1.807) is 0 Å². The molecule has 86 valence electrons. The van der Waals surface area contributed by atoms with Crippen molar-refractivity contribution >= 4 is 0 Å². The summed E-state index contributed by atoms with van der Waals surface area (Å²) in [5, 5.41) is 3.36. The van der Waals surface area contributed by atoms with Gasteiger partial charge < -0.3 is 15.1 Å². The summed E-state index contributed by atoms with van der Waals surface area (Å²) < 4.78 is 0. The molecule has 1 unspecified atom stereocenters. The molecule has 0 bridgehead atoms. The highest BCUT2D eigenvalue weighted by Crippen LogP contribution is 1.99. The van der Waals surface area contributed by atoms with Crippen LogP contribution >= 0.6 is 0 Å². The number of likely N-dealkylation sites (N-methyl/N-ethyl adjacent to an activating group) is 2. The van der Waals surface area contributed by atoms with E-state index in [1.807, 2.05) is 0 Å². The Labute approximate surface area is 89.5 Å². The second-order valence-corrected chi connectivity index (χ2v) is 4.28. The molecule has 0 amide bonds. The van der Waals surface area contributed by atoms with E-state index < -0.39 is 0 Å².